The lowest BCUT2D eigenvalue weighted by Crippen LogP contribution is -2.09. The van der Waals surface area contributed by atoms with Gasteiger partial charge in [0.15, 0.2) is 0 Å². The summed E-state index contributed by atoms with van der Waals surface area (Å²) in [5.74, 6) is -0.252. The average Bonchev–Trinajstić information content (AvgIpc) is 2.54. The van der Waals surface area contributed by atoms with Crippen molar-refractivity contribution in [3.63, 3.8) is 0 Å². The summed E-state index contributed by atoms with van der Waals surface area (Å²) in [6, 6.07) is 14.7. The van der Waals surface area contributed by atoms with E-state index >= 15 is 0 Å². The quantitative estimate of drug-likeness (QED) is 0.295. The third-order valence-electron chi connectivity index (χ3n) is 2.83. The molecule has 23 heavy (non-hydrogen) atoms. The molecule has 6 nitrogen and oxygen atoms in total. The van der Waals surface area contributed by atoms with Gasteiger partial charge in [0.1, 0.15) is 5.71 Å². The number of rotatable bonds is 3. The van der Waals surface area contributed by atoms with Crippen LogP contribution in [-0.2, 0) is 10.1 Å². The Labute approximate surface area is 134 Å². The van der Waals surface area contributed by atoms with Crippen LogP contribution >= 0.6 is 0 Å². The molecule has 2 rings (SSSR count). The van der Waals surface area contributed by atoms with E-state index in [-0.39, 0.29) is 16.4 Å². The molecule has 0 aromatic heterocycles. The number of benzene rings is 2. The van der Waals surface area contributed by atoms with Crippen LogP contribution in [0.5, 0.6) is 0 Å². The Bertz CT molecular complexity index is 781. The number of oxime groups is 1. The Hall–Kier alpha value is -2.51. The van der Waals surface area contributed by atoms with Crippen LogP contribution in [0.4, 0.5) is 0 Å². The van der Waals surface area contributed by atoms with E-state index < -0.39 is 10.1 Å². The molecular formula is C16H17NO5S. The first-order valence-electron chi connectivity index (χ1n) is 6.58. The molecule has 2 aromatic rings. The second-order valence-electron chi connectivity index (χ2n) is 4.67. The van der Waals surface area contributed by atoms with E-state index in [0.717, 1.165) is 5.56 Å². The third kappa shape index (κ3) is 6.01. The van der Waals surface area contributed by atoms with Crippen molar-refractivity contribution in [1.82, 2.24) is 0 Å². The van der Waals surface area contributed by atoms with Gasteiger partial charge in [0, 0.05) is 5.56 Å². The SMILES string of the molecule is C/C(=N/O)C(=O)c1ccccc1.Cc1ccc(S(=O)(=O)O)cc1. The summed E-state index contributed by atoms with van der Waals surface area (Å²) in [7, 11) is -4.02. The van der Waals surface area contributed by atoms with Crippen molar-refractivity contribution < 1.29 is 23.0 Å². The first-order valence-corrected chi connectivity index (χ1v) is 8.02. The minimum Gasteiger partial charge on any atom is -0.411 e. The van der Waals surface area contributed by atoms with Crippen molar-refractivity contribution in [3.05, 3.63) is 65.7 Å². The topological polar surface area (TPSA) is 104 Å². The van der Waals surface area contributed by atoms with Crippen LogP contribution in [0.2, 0.25) is 0 Å². The van der Waals surface area contributed by atoms with Gasteiger partial charge in [0.25, 0.3) is 10.1 Å². The van der Waals surface area contributed by atoms with Gasteiger partial charge < -0.3 is 5.21 Å². The first kappa shape index (κ1) is 18.5. The van der Waals surface area contributed by atoms with Gasteiger partial charge in [-0.1, -0.05) is 53.2 Å². The van der Waals surface area contributed by atoms with Crippen LogP contribution in [0.25, 0.3) is 0 Å². The molecule has 0 saturated carbocycles. The maximum absolute atomic E-state index is 11.3. The van der Waals surface area contributed by atoms with Crippen molar-refractivity contribution in [2.75, 3.05) is 0 Å². The fraction of sp³-hybridized carbons (Fsp3) is 0.125. The highest BCUT2D eigenvalue weighted by atomic mass is 32.2. The number of aryl methyl sites for hydroxylation is 1. The van der Waals surface area contributed by atoms with Crippen LogP contribution in [0.1, 0.15) is 22.8 Å². The smallest absolute Gasteiger partial charge is 0.294 e. The number of carbonyl (C=O) groups excluding carboxylic acids is 1. The molecule has 0 heterocycles. The second-order valence-corrected chi connectivity index (χ2v) is 6.09. The van der Waals surface area contributed by atoms with Crippen molar-refractivity contribution in [1.29, 1.82) is 0 Å². The number of Topliss-reactive ketones (excluding diaryl/α,β-unsaturated/α-hetero) is 1. The van der Waals surface area contributed by atoms with Crippen LogP contribution in [-0.4, -0.2) is 29.7 Å². The minimum atomic E-state index is -4.02. The predicted molar refractivity (Wildman–Crippen MR) is 86.7 cm³/mol. The fourth-order valence-electron chi connectivity index (χ4n) is 1.55. The molecule has 0 saturated heterocycles. The Morgan fingerprint density at radius 3 is 1.96 bits per heavy atom. The highest BCUT2D eigenvalue weighted by molar-refractivity contribution is 7.85. The number of hydrogen-bond donors (Lipinski definition) is 2. The Morgan fingerprint density at radius 1 is 1.00 bits per heavy atom. The average molecular weight is 335 g/mol. The molecule has 0 fully saturated rings. The summed E-state index contributed by atoms with van der Waals surface area (Å²) in [5.41, 5.74) is 1.59. The molecule has 0 atom stereocenters. The zero-order valence-electron chi connectivity index (χ0n) is 12.7. The van der Waals surface area contributed by atoms with Gasteiger partial charge in [-0.25, -0.2) is 0 Å². The van der Waals surface area contributed by atoms with Crippen molar-refractivity contribution in [2.45, 2.75) is 18.7 Å². The van der Waals surface area contributed by atoms with E-state index in [2.05, 4.69) is 5.16 Å². The molecule has 0 aliphatic carbocycles. The van der Waals surface area contributed by atoms with Gasteiger partial charge in [0.05, 0.1) is 4.90 Å². The highest BCUT2D eigenvalue weighted by Gasteiger charge is 2.08. The van der Waals surface area contributed by atoms with Gasteiger partial charge >= 0.3 is 0 Å². The summed E-state index contributed by atoms with van der Waals surface area (Å²) >= 11 is 0. The Morgan fingerprint density at radius 2 is 1.52 bits per heavy atom. The molecule has 0 aliphatic rings. The normalized spacial score (nSPS) is 11.3. The maximum Gasteiger partial charge on any atom is 0.294 e. The third-order valence-corrected chi connectivity index (χ3v) is 3.70. The van der Waals surface area contributed by atoms with E-state index in [4.69, 9.17) is 9.76 Å². The van der Waals surface area contributed by atoms with Crippen LogP contribution in [0.3, 0.4) is 0 Å². The van der Waals surface area contributed by atoms with Gasteiger partial charge in [-0.3, -0.25) is 9.35 Å². The Kier molecular flexibility index (Phi) is 6.62. The van der Waals surface area contributed by atoms with Gasteiger partial charge in [0.2, 0.25) is 5.78 Å². The molecule has 7 heteroatoms. The van der Waals surface area contributed by atoms with Crippen molar-refractivity contribution in [3.8, 4) is 0 Å². The van der Waals surface area contributed by atoms with Gasteiger partial charge in [-0.15, -0.1) is 0 Å². The molecular weight excluding hydrogens is 318 g/mol. The van der Waals surface area contributed by atoms with Crippen LogP contribution in [0, 0.1) is 6.92 Å². The van der Waals surface area contributed by atoms with E-state index in [1.54, 1.807) is 36.4 Å². The molecule has 2 N–H and O–H groups in total. The van der Waals surface area contributed by atoms with Crippen LogP contribution < -0.4 is 0 Å². The number of ketones is 1. The van der Waals surface area contributed by atoms with E-state index in [0.29, 0.717) is 5.56 Å². The Balaban J connectivity index is 0.000000231. The lowest BCUT2D eigenvalue weighted by molar-refractivity contribution is 0.106. The van der Waals surface area contributed by atoms with E-state index in [9.17, 15) is 13.2 Å². The maximum atomic E-state index is 11.3. The first-order chi connectivity index (χ1) is 10.8. The molecule has 0 amide bonds. The number of carbonyl (C=O) groups is 1. The fourth-order valence-corrected chi connectivity index (χ4v) is 2.03. The summed E-state index contributed by atoms with van der Waals surface area (Å²) in [6.07, 6.45) is 0. The summed E-state index contributed by atoms with van der Waals surface area (Å²) in [5, 5.41) is 11.2. The van der Waals surface area contributed by atoms with Gasteiger partial charge in [-0.05, 0) is 26.0 Å². The van der Waals surface area contributed by atoms with Crippen LogP contribution in [0.15, 0.2) is 64.6 Å². The van der Waals surface area contributed by atoms with Gasteiger partial charge in [-0.2, -0.15) is 8.42 Å². The zero-order valence-corrected chi connectivity index (χ0v) is 13.5. The highest BCUT2D eigenvalue weighted by Crippen LogP contribution is 2.08. The van der Waals surface area contributed by atoms with Crippen molar-refractivity contribution >= 4 is 21.6 Å². The minimum absolute atomic E-state index is 0.0666. The number of hydrogen-bond acceptors (Lipinski definition) is 5. The summed E-state index contributed by atoms with van der Waals surface area (Å²) in [4.78, 5) is 11.2. The summed E-state index contributed by atoms with van der Waals surface area (Å²) < 4.78 is 29.6. The molecule has 0 bridgehead atoms. The molecule has 0 unspecified atom stereocenters. The molecule has 0 aliphatic heterocycles. The molecule has 0 spiro atoms. The molecule has 0 radical (unpaired) electrons. The standard InChI is InChI=1S/C9H9NO2.C7H8O3S/c1-7(10-12)9(11)8-5-3-2-4-6-8;1-6-2-4-7(5-3-6)11(8,9)10/h2-6,12H,1H3;2-5H,1H3,(H,8,9,10)/b10-7-;. The summed E-state index contributed by atoms with van der Waals surface area (Å²) in [6.45, 7) is 3.31. The van der Waals surface area contributed by atoms with E-state index in [1.807, 2.05) is 13.0 Å². The van der Waals surface area contributed by atoms with Crippen molar-refractivity contribution in [2.24, 2.45) is 5.16 Å². The molecule has 2 aromatic carbocycles. The lowest BCUT2D eigenvalue weighted by Gasteiger charge is -1.96. The largest absolute Gasteiger partial charge is 0.411 e. The monoisotopic (exact) mass is 335 g/mol. The predicted octanol–water partition coefficient (Wildman–Crippen LogP) is 2.96. The number of nitrogens with zero attached hydrogens (tertiary/aromatic N) is 1. The lowest BCUT2D eigenvalue weighted by atomic mass is 10.1. The zero-order chi connectivity index (χ0) is 17.5. The van der Waals surface area contributed by atoms with E-state index in [1.165, 1.54) is 19.1 Å². The second kappa shape index (κ2) is 8.21. The molecule has 122 valence electrons.